The van der Waals surface area contributed by atoms with Crippen LogP contribution in [0, 0.1) is 0 Å². The van der Waals surface area contributed by atoms with E-state index in [4.69, 9.17) is 11.6 Å². The zero-order valence-corrected chi connectivity index (χ0v) is 15.7. The van der Waals surface area contributed by atoms with Gasteiger partial charge in [0.1, 0.15) is 6.54 Å². The van der Waals surface area contributed by atoms with Gasteiger partial charge in [-0.1, -0.05) is 44.5 Å². The Morgan fingerprint density at radius 3 is 2.04 bits per heavy atom. The summed E-state index contributed by atoms with van der Waals surface area (Å²) in [5.74, 6) is -0.452. The minimum absolute atomic E-state index is 0.0333. The molecule has 0 spiro atoms. The number of rotatable bonds is 4. The van der Waals surface area contributed by atoms with Crippen molar-refractivity contribution in [1.82, 2.24) is 0 Å². The second kappa shape index (κ2) is 7.70. The third-order valence-electron chi connectivity index (χ3n) is 3.85. The van der Waals surface area contributed by atoms with Crippen molar-refractivity contribution < 1.29 is 9.59 Å². The molecule has 0 unspecified atom stereocenters. The van der Waals surface area contributed by atoms with Crippen molar-refractivity contribution in [2.24, 2.45) is 0 Å². The summed E-state index contributed by atoms with van der Waals surface area (Å²) < 4.78 is 0. The van der Waals surface area contributed by atoms with Crippen molar-refractivity contribution in [3.8, 4) is 0 Å². The highest BCUT2D eigenvalue weighted by molar-refractivity contribution is 6.30. The van der Waals surface area contributed by atoms with Gasteiger partial charge in [0, 0.05) is 23.3 Å². The molecular formula is C20H23ClN2O2. The maximum Gasteiger partial charge on any atom is 0.244 e. The SMILES string of the molecule is CC(=O)N(CC(=O)Nc1ccc(Cl)cc1)c1ccc(C(C)(C)C)cc1. The van der Waals surface area contributed by atoms with Gasteiger partial charge < -0.3 is 10.2 Å². The fourth-order valence-corrected chi connectivity index (χ4v) is 2.53. The molecule has 0 heterocycles. The van der Waals surface area contributed by atoms with Crippen molar-refractivity contribution in [2.45, 2.75) is 33.1 Å². The highest BCUT2D eigenvalue weighted by Gasteiger charge is 2.18. The Morgan fingerprint density at radius 1 is 1.00 bits per heavy atom. The number of carbonyl (C=O) groups is 2. The molecule has 0 saturated heterocycles. The Labute approximate surface area is 153 Å². The van der Waals surface area contributed by atoms with Gasteiger partial charge >= 0.3 is 0 Å². The maximum atomic E-state index is 12.3. The first kappa shape index (κ1) is 19.0. The van der Waals surface area contributed by atoms with Crippen molar-refractivity contribution in [1.29, 1.82) is 0 Å². The summed E-state index contributed by atoms with van der Waals surface area (Å²) in [7, 11) is 0. The lowest BCUT2D eigenvalue weighted by atomic mass is 9.87. The molecule has 0 saturated carbocycles. The molecule has 0 bridgehead atoms. The van der Waals surface area contributed by atoms with Crippen molar-refractivity contribution >= 4 is 34.8 Å². The monoisotopic (exact) mass is 358 g/mol. The lowest BCUT2D eigenvalue weighted by molar-refractivity contribution is -0.120. The first-order valence-corrected chi connectivity index (χ1v) is 8.48. The number of nitrogens with zero attached hydrogens (tertiary/aromatic N) is 1. The molecule has 0 aromatic heterocycles. The van der Waals surface area contributed by atoms with E-state index in [1.165, 1.54) is 17.4 Å². The van der Waals surface area contributed by atoms with Gasteiger partial charge in [-0.3, -0.25) is 9.59 Å². The Hall–Kier alpha value is -2.33. The number of anilines is 2. The number of hydrogen-bond acceptors (Lipinski definition) is 2. The minimum Gasteiger partial charge on any atom is -0.325 e. The second-order valence-corrected chi connectivity index (χ2v) is 7.39. The number of amides is 2. The van der Waals surface area contributed by atoms with Gasteiger partial charge in [0.15, 0.2) is 0 Å². The summed E-state index contributed by atoms with van der Waals surface area (Å²) in [6, 6.07) is 14.6. The van der Waals surface area contributed by atoms with E-state index in [1.54, 1.807) is 24.3 Å². The molecular weight excluding hydrogens is 336 g/mol. The van der Waals surface area contributed by atoms with E-state index >= 15 is 0 Å². The first-order chi connectivity index (χ1) is 11.7. The van der Waals surface area contributed by atoms with Gasteiger partial charge in [-0.05, 0) is 47.4 Å². The predicted molar refractivity (Wildman–Crippen MR) is 103 cm³/mol. The smallest absolute Gasteiger partial charge is 0.244 e. The largest absolute Gasteiger partial charge is 0.325 e. The third-order valence-corrected chi connectivity index (χ3v) is 4.11. The highest BCUT2D eigenvalue weighted by Crippen LogP contribution is 2.25. The molecule has 5 heteroatoms. The Morgan fingerprint density at radius 2 is 1.56 bits per heavy atom. The fraction of sp³-hybridized carbons (Fsp3) is 0.300. The number of carbonyl (C=O) groups excluding carboxylic acids is 2. The zero-order chi connectivity index (χ0) is 18.6. The fourth-order valence-electron chi connectivity index (χ4n) is 2.40. The van der Waals surface area contributed by atoms with Gasteiger partial charge in [-0.2, -0.15) is 0 Å². The van der Waals surface area contributed by atoms with Gasteiger partial charge in [-0.15, -0.1) is 0 Å². The van der Waals surface area contributed by atoms with Crippen LogP contribution in [0.1, 0.15) is 33.3 Å². The normalized spacial score (nSPS) is 11.1. The van der Waals surface area contributed by atoms with Crippen LogP contribution in [0.5, 0.6) is 0 Å². The maximum absolute atomic E-state index is 12.3. The van der Waals surface area contributed by atoms with Crippen LogP contribution in [0.2, 0.25) is 5.02 Å². The zero-order valence-electron chi connectivity index (χ0n) is 15.0. The molecule has 0 aliphatic carbocycles. The molecule has 1 N–H and O–H groups in total. The van der Waals surface area contributed by atoms with Crippen LogP contribution in [-0.4, -0.2) is 18.4 Å². The van der Waals surface area contributed by atoms with Crippen LogP contribution in [-0.2, 0) is 15.0 Å². The molecule has 0 atom stereocenters. The topological polar surface area (TPSA) is 49.4 Å². The van der Waals surface area contributed by atoms with Crippen LogP contribution in [0.3, 0.4) is 0 Å². The molecule has 0 fully saturated rings. The Kier molecular flexibility index (Phi) is 5.85. The van der Waals surface area contributed by atoms with E-state index in [2.05, 4.69) is 26.1 Å². The lowest BCUT2D eigenvalue weighted by Crippen LogP contribution is -2.36. The number of hydrogen-bond donors (Lipinski definition) is 1. The summed E-state index contributed by atoms with van der Waals surface area (Å²) in [4.78, 5) is 25.7. The average molecular weight is 359 g/mol. The van der Waals surface area contributed by atoms with Crippen LogP contribution < -0.4 is 10.2 Å². The predicted octanol–water partition coefficient (Wildman–Crippen LogP) is 4.63. The summed E-state index contributed by atoms with van der Waals surface area (Å²) in [6.45, 7) is 7.79. The van der Waals surface area contributed by atoms with Crippen molar-refractivity contribution in [2.75, 3.05) is 16.8 Å². The first-order valence-electron chi connectivity index (χ1n) is 8.11. The van der Waals surface area contributed by atoms with E-state index in [9.17, 15) is 9.59 Å². The summed E-state index contributed by atoms with van der Waals surface area (Å²) in [5, 5.41) is 3.37. The standard InChI is InChI=1S/C20H23ClN2O2/c1-14(24)23(18-11-5-15(6-12-18)20(2,3)4)13-19(25)22-17-9-7-16(21)8-10-17/h5-12H,13H2,1-4H3,(H,22,25). The molecule has 0 aliphatic rings. The quantitative estimate of drug-likeness (QED) is 0.866. The van der Waals surface area contributed by atoms with E-state index in [-0.39, 0.29) is 23.8 Å². The third kappa shape index (κ3) is 5.33. The van der Waals surface area contributed by atoms with E-state index in [0.29, 0.717) is 16.4 Å². The van der Waals surface area contributed by atoms with Gasteiger partial charge in [0.2, 0.25) is 11.8 Å². The van der Waals surface area contributed by atoms with Crippen LogP contribution in [0.15, 0.2) is 48.5 Å². The highest BCUT2D eigenvalue weighted by atomic mass is 35.5. The number of nitrogens with one attached hydrogen (secondary N) is 1. The van der Waals surface area contributed by atoms with E-state index in [0.717, 1.165) is 0 Å². The van der Waals surface area contributed by atoms with Gasteiger partial charge in [0.25, 0.3) is 0 Å². The number of halogens is 1. The van der Waals surface area contributed by atoms with Gasteiger partial charge in [-0.25, -0.2) is 0 Å². The second-order valence-electron chi connectivity index (χ2n) is 6.96. The molecule has 132 valence electrons. The van der Waals surface area contributed by atoms with Crippen LogP contribution in [0.4, 0.5) is 11.4 Å². The van der Waals surface area contributed by atoms with E-state index < -0.39 is 0 Å². The molecule has 2 rings (SSSR count). The van der Waals surface area contributed by atoms with Crippen molar-refractivity contribution in [3.05, 3.63) is 59.1 Å². The summed E-state index contributed by atoms with van der Waals surface area (Å²) >= 11 is 5.83. The summed E-state index contributed by atoms with van der Waals surface area (Å²) in [5.41, 5.74) is 2.55. The lowest BCUT2D eigenvalue weighted by Gasteiger charge is -2.23. The molecule has 0 radical (unpaired) electrons. The van der Waals surface area contributed by atoms with Crippen LogP contribution in [0.25, 0.3) is 0 Å². The molecule has 2 amide bonds. The summed E-state index contributed by atoms with van der Waals surface area (Å²) in [6.07, 6.45) is 0. The average Bonchev–Trinajstić information content (AvgIpc) is 2.54. The van der Waals surface area contributed by atoms with E-state index in [1.807, 2.05) is 24.3 Å². The Bertz CT molecular complexity index is 747. The molecule has 0 aliphatic heterocycles. The molecule has 25 heavy (non-hydrogen) atoms. The Balaban J connectivity index is 2.11. The van der Waals surface area contributed by atoms with Crippen molar-refractivity contribution in [3.63, 3.8) is 0 Å². The molecule has 4 nitrogen and oxygen atoms in total. The minimum atomic E-state index is -0.266. The van der Waals surface area contributed by atoms with Gasteiger partial charge in [0.05, 0.1) is 0 Å². The molecule has 2 aromatic carbocycles. The number of benzene rings is 2. The van der Waals surface area contributed by atoms with Crippen LogP contribution >= 0.6 is 11.6 Å². The molecule has 2 aromatic rings.